The number of benzene rings is 3. The molecule has 0 aliphatic carbocycles. The molecule has 0 heterocycles. The zero-order chi connectivity index (χ0) is 24.9. The lowest BCUT2D eigenvalue weighted by Gasteiger charge is -2.18. The van der Waals surface area contributed by atoms with Gasteiger partial charge >= 0.3 is 6.09 Å². The Morgan fingerprint density at radius 1 is 0.914 bits per heavy atom. The highest BCUT2D eigenvalue weighted by atomic mass is 16.6. The minimum atomic E-state index is -0.821. The van der Waals surface area contributed by atoms with Gasteiger partial charge in [0, 0.05) is 19.0 Å². The number of nitro groups is 1. The SMILES string of the molecule is O=C(N[C@H](Cc1ccccc1)C(=O)NCCCOc1cccc([N+](=O)[O-])c1)OCc1ccccc1. The average molecular weight is 478 g/mol. The van der Waals surface area contributed by atoms with E-state index < -0.39 is 17.1 Å². The third kappa shape index (κ3) is 8.81. The van der Waals surface area contributed by atoms with Crippen LogP contribution in [0.2, 0.25) is 0 Å². The van der Waals surface area contributed by atoms with Gasteiger partial charge in [0.15, 0.2) is 0 Å². The number of carbonyl (C=O) groups excluding carboxylic acids is 2. The number of alkyl carbamates (subject to hydrolysis) is 1. The fraction of sp³-hybridized carbons (Fsp3) is 0.231. The molecule has 182 valence electrons. The van der Waals surface area contributed by atoms with E-state index in [2.05, 4.69) is 10.6 Å². The molecule has 0 aliphatic rings. The van der Waals surface area contributed by atoms with Crippen LogP contribution in [0.1, 0.15) is 17.5 Å². The summed E-state index contributed by atoms with van der Waals surface area (Å²) in [5, 5.41) is 16.3. The van der Waals surface area contributed by atoms with E-state index in [-0.39, 0.29) is 24.8 Å². The first-order chi connectivity index (χ1) is 17.0. The molecular formula is C26H27N3O6. The maximum Gasteiger partial charge on any atom is 0.408 e. The van der Waals surface area contributed by atoms with E-state index in [0.29, 0.717) is 25.1 Å². The normalized spacial score (nSPS) is 11.2. The number of carbonyl (C=O) groups is 2. The maximum atomic E-state index is 12.8. The Kier molecular flexibility index (Phi) is 9.62. The number of nitrogens with zero attached hydrogens (tertiary/aromatic N) is 1. The van der Waals surface area contributed by atoms with E-state index in [9.17, 15) is 19.7 Å². The molecule has 9 heteroatoms. The van der Waals surface area contributed by atoms with Crippen molar-refractivity contribution in [1.82, 2.24) is 10.6 Å². The highest BCUT2D eigenvalue weighted by Gasteiger charge is 2.22. The first-order valence-electron chi connectivity index (χ1n) is 11.2. The Hall–Kier alpha value is -4.40. The number of hydrogen-bond acceptors (Lipinski definition) is 6. The highest BCUT2D eigenvalue weighted by Crippen LogP contribution is 2.19. The molecule has 0 unspecified atom stereocenters. The van der Waals surface area contributed by atoms with Crippen LogP contribution in [0.15, 0.2) is 84.9 Å². The molecule has 0 radical (unpaired) electrons. The summed E-state index contributed by atoms with van der Waals surface area (Å²) in [4.78, 5) is 35.5. The van der Waals surface area contributed by atoms with Crippen molar-refractivity contribution in [2.24, 2.45) is 0 Å². The Bertz CT molecular complexity index is 1110. The minimum Gasteiger partial charge on any atom is -0.493 e. The van der Waals surface area contributed by atoms with Crippen molar-refractivity contribution in [3.05, 3.63) is 106 Å². The summed E-state index contributed by atoms with van der Waals surface area (Å²) in [5.41, 5.74) is 1.69. The van der Waals surface area contributed by atoms with Gasteiger partial charge in [-0.25, -0.2) is 4.79 Å². The highest BCUT2D eigenvalue weighted by molar-refractivity contribution is 5.85. The van der Waals surface area contributed by atoms with Crippen LogP contribution < -0.4 is 15.4 Å². The van der Waals surface area contributed by atoms with Gasteiger partial charge in [-0.3, -0.25) is 14.9 Å². The van der Waals surface area contributed by atoms with Gasteiger partial charge in [0.1, 0.15) is 18.4 Å². The second-order valence-electron chi connectivity index (χ2n) is 7.70. The van der Waals surface area contributed by atoms with E-state index in [1.165, 1.54) is 12.1 Å². The average Bonchev–Trinajstić information content (AvgIpc) is 2.88. The molecule has 3 rings (SSSR count). The molecule has 0 aliphatic heterocycles. The second-order valence-corrected chi connectivity index (χ2v) is 7.70. The first kappa shape index (κ1) is 25.2. The Balaban J connectivity index is 1.48. The quantitative estimate of drug-likeness (QED) is 0.231. The monoisotopic (exact) mass is 477 g/mol. The van der Waals surface area contributed by atoms with Gasteiger partial charge in [0.05, 0.1) is 17.6 Å². The van der Waals surface area contributed by atoms with Crippen molar-refractivity contribution in [3.63, 3.8) is 0 Å². The third-order valence-corrected chi connectivity index (χ3v) is 5.02. The van der Waals surface area contributed by atoms with Crippen LogP contribution in [0.4, 0.5) is 10.5 Å². The molecule has 2 amide bonds. The van der Waals surface area contributed by atoms with Gasteiger partial charge in [-0.05, 0) is 23.6 Å². The van der Waals surface area contributed by atoms with Gasteiger partial charge in [0.2, 0.25) is 5.91 Å². The summed E-state index contributed by atoms with van der Waals surface area (Å²) < 4.78 is 10.8. The molecule has 0 saturated carbocycles. The Labute approximate surface area is 203 Å². The number of amides is 2. The number of nitro benzene ring substituents is 1. The Morgan fingerprint density at radius 3 is 2.29 bits per heavy atom. The van der Waals surface area contributed by atoms with E-state index in [4.69, 9.17) is 9.47 Å². The summed E-state index contributed by atoms with van der Waals surface area (Å²) in [6.07, 6.45) is 0.0985. The van der Waals surface area contributed by atoms with E-state index in [1.807, 2.05) is 60.7 Å². The van der Waals surface area contributed by atoms with Crippen LogP contribution in [0.5, 0.6) is 5.75 Å². The Morgan fingerprint density at radius 2 is 1.60 bits per heavy atom. The first-order valence-corrected chi connectivity index (χ1v) is 11.2. The van der Waals surface area contributed by atoms with Crippen LogP contribution in [-0.2, 0) is 22.6 Å². The van der Waals surface area contributed by atoms with E-state index in [0.717, 1.165) is 11.1 Å². The standard InChI is InChI=1S/C26H27N3O6/c30-25(27-15-8-16-34-23-14-7-13-22(18-23)29(32)33)24(17-20-9-3-1-4-10-20)28-26(31)35-19-21-11-5-2-6-12-21/h1-7,9-14,18,24H,8,15-17,19H2,(H,27,30)(H,28,31)/t24-/m1/s1. The van der Waals surface area contributed by atoms with Crippen LogP contribution in [0.25, 0.3) is 0 Å². The molecule has 0 spiro atoms. The van der Waals surface area contributed by atoms with Gasteiger partial charge in [-0.15, -0.1) is 0 Å². The summed E-state index contributed by atoms with van der Waals surface area (Å²) in [6.45, 7) is 0.665. The number of nitrogens with one attached hydrogen (secondary N) is 2. The topological polar surface area (TPSA) is 120 Å². The van der Waals surface area contributed by atoms with E-state index in [1.54, 1.807) is 12.1 Å². The van der Waals surface area contributed by atoms with Gasteiger partial charge < -0.3 is 20.1 Å². The summed E-state index contributed by atoms with van der Waals surface area (Å²) in [6, 6.07) is 23.7. The van der Waals surface area contributed by atoms with Crippen LogP contribution >= 0.6 is 0 Å². The van der Waals surface area contributed by atoms with Crippen molar-refractivity contribution >= 4 is 17.7 Å². The minimum absolute atomic E-state index is 0.0511. The van der Waals surface area contributed by atoms with Crippen molar-refractivity contribution < 1.29 is 24.0 Å². The molecule has 0 aromatic heterocycles. The molecule has 1 atom stereocenters. The zero-order valence-electron chi connectivity index (χ0n) is 19.1. The fourth-order valence-electron chi connectivity index (χ4n) is 3.25. The van der Waals surface area contributed by atoms with Gasteiger partial charge in [0.25, 0.3) is 5.69 Å². The molecule has 35 heavy (non-hydrogen) atoms. The summed E-state index contributed by atoms with van der Waals surface area (Å²) >= 11 is 0. The number of hydrogen-bond donors (Lipinski definition) is 2. The molecule has 2 N–H and O–H groups in total. The number of rotatable bonds is 12. The molecule has 0 bridgehead atoms. The predicted octanol–water partition coefficient (Wildman–Crippen LogP) is 4.02. The largest absolute Gasteiger partial charge is 0.493 e. The number of non-ortho nitro benzene ring substituents is 1. The van der Waals surface area contributed by atoms with Crippen molar-refractivity contribution in [2.45, 2.75) is 25.5 Å². The van der Waals surface area contributed by atoms with Crippen LogP contribution in [0.3, 0.4) is 0 Å². The van der Waals surface area contributed by atoms with Gasteiger partial charge in [-0.2, -0.15) is 0 Å². The van der Waals surface area contributed by atoms with Gasteiger partial charge in [-0.1, -0.05) is 66.7 Å². The second kappa shape index (κ2) is 13.3. The van der Waals surface area contributed by atoms with Crippen molar-refractivity contribution in [1.29, 1.82) is 0 Å². The molecule has 9 nitrogen and oxygen atoms in total. The predicted molar refractivity (Wildman–Crippen MR) is 130 cm³/mol. The molecule has 3 aromatic carbocycles. The lowest BCUT2D eigenvalue weighted by Crippen LogP contribution is -2.48. The smallest absolute Gasteiger partial charge is 0.408 e. The van der Waals surface area contributed by atoms with Crippen LogP contribution in [-0.4, -0.2) is 36.1 Å². The van der Waals surface area contributed by atoms with Crippen molar-refractivity contribution in [3.8, 4) is 5.75 Å². The van der Waals surface area contributed by atoms with Crippen molar-refractivity contribution in [2.75, 3.05) is 13.2 Å². The molecule has 0 saturated heterocycles. The third-order valence-electron chi connectivity index (χ3n) is 5.02. The summed E-state index contributed by atoms with van der Waals surface area (Å²) in [5.74, 6) is 0.0381. The summed E-state index contributed by atoms with van der Waals surface area (Å²) in [7, 11) is 0. The maximum absolute atomic E-state index is 12.8. The lowest BCUT2D eigenvalue weighted by atomic mass is 10.1. The number of ether oxygens (including phenoxy) is 2. The lowest BCUT2D eigenvalue weighted by molar-refractivity contribution is -0.384. The molecular weight excluding hydrogens is 450 g/mol. The molecule has 0 fully saturated rings. The zero-order valence-corrected chi connectivity index (χ0v) is 19.1. The van der Waals surface area contributed by atoms with Crippen LogP contribution in [0, 0.1) is 10.1 Å². The molecule has 3 aromatic rings. The van der Waals surface area contributed by atoms with E-state index >= 15 is 0 Å². The fourth-order valence-corrected chi connectivity index (χ4v) is 3.25.